The molecule has 0 aromatic heterocycles. The minimum absolute atomic E-state index is 0.159. The van der Waals surface area contributed by atoms with Crippen molar-refractivity contribution in [1.29, 1.82) is 0 Å². The number of nitrogens with one attached hydrogen (secondary N) is 1. The highest BCUT2D eigenvalue weighted by Gasteiger charge is 2.27. The molecule has 19 heavy (non-hydrogen) atoms. The summed E-state index contributed by atoms with van der Waals surface area (Å²) in [6.07, 6.45) is 1.62. The second kappa shape index (κ2) is 8.12. The van der Waals surface area contributed by atoms with Crippen molar-refractivity contribution < 1.29 is 19.1 Å². The van der Waals surface area contributed by atoms with Crippen LogP contribution < -0.4 is 11.1 Å². The second-order valence-electron chi connectivity index (χ2n) is 4.87. The predicted octanol–water partition coefficient (Wildman–Crippen LogP) is 0.0557. The highest BCUT2D eigenvalue weighted by Crippen LogP contribution is 2.17. The van der Waals surface area contributed by atoms with Crippen LogP contribution in [0.15, 0.2) is 0 Å². The van der Waals surface area contributed by atoms with Gasteiger partial charge in [-0.15, -0.1) is 0 Å². The Morgan fingerprint density at radius 3 is 2.63 bits per heavy atom. The molecular formula is C13H24N2O4. The zero-order valence-corrected chi connectivity index (χ0v) is 11.7. The topological polar surface area (TPSA) is 90.7 Å². The first kappa shape index (κ1) is 15.9. The average Bonchev–Trinajstić information content (AvgIpc) is 2.44. The zero-order chi connectivity index (χ0) is 14.3. The van der Waals surface area contributed by atoms with Crippen LogP contribution in [0, 0.1) is 11.8 Å². The van der Waals surface area contributed by atoms with Gasteiger partial charge < -0.3 is 20.5 Å². The molecule has 0 spiro atoms. The summed E-state index contributed by atoms with van der Waals surface area (Å²) in [6, 6.07) is -0.529. The Labute approximate surface area is 114 Å². The molecule has 3 N–H and O–H groups in total. The van der Waals surface area contributed by atoms with Crippen molar-refractivity contribution in [3.8, 4) is 0 Å². The molecule has 1 fully saturated rings. The average molecular weight is 272 g/mol. The van der Waals surface area contributed by atoms with Crippen LogP contribution in [-0.4, -0.2) is 44.3 Å². The Balaban J connectivity index is 2.31. The molecule has 0 radical (unpaired) electrons. The first-order valence-corrected chi connectivity index (χ1v) is 6.84. The summed E-state index contributed by atoms with van der Waals surface area (Å²) in [4.78, 5) is 23.3. The lowest BCUT2D eigenvalue weighted by molar-refractivity contribution is -0.147. The fraction of sp³-hybridized carbons (Fsp3) is 0.846. The highest BCUT2D eigenvalue weighted by molar-refractivity contribution is 5.82. The quantitative estimate of drug-likeness (QED) is 0.667. The molecule has 1 aliphatic heterocycles. The fourth-order valence-electron chi connectivity index (χ4n) is 2.03. The van der Waals surface area contributed by atoms with Crippen molar-refractivity contribution in [2.75, 3.05) is 26.4 Å². The molecule has 6 heteroatoms. The summed E-state index contributed by atoms with van der Waals surface area (Å²) in [6.45, 7) is 5.39. The van der Waals surface area contributed by atoms with Crippen molar-refractivity contribution in [2.45, 2.75) is 32.7 Å². The van der Waals surface area contributed by atoms with E-state index in [2.05, 4.69) is 5.32 Å². The van der Waals surface area contributed by atoms with Gasteiger partial charge in [-0.25, -0.2) is 0 Å². The van der Waals surface area contributed by atoms with E-state index in [1.54, 1.807) is 13.8 Å². The summed E-state index contributed by atoms with van der Waals surface area (Å²) in [7, 11) is 0. The third-order valence-corrected chi connectivity index (χ3v) is 3.35. The number of hydrogen-bond donors (Lipinski definition) is 2. The maximum absolute atomic E-state index is 11.9. The maximum atomic E-state index is 11.9. The molecule has 1 amide bonds. The van der Waals surface area contributed by atoms with E-state index < -0.39 is 6.04 Å². The van der Waals surface area contributed by atoms with Gasteiger partial charge in [0.2, 0.25) is 5.91 Å². The number of carbonyl (C=O) groups is 2. The van der Waals surface area contributed by atoms with Gasteiger partial charge >= 0.3 is 5.97 Å². The van der Waals surface area contributed by atoms with Crippen molar-refractivity contribution >= 4 is 11.9 Å². The van der Waals surface area contributed by atoms with Crippen LogP contribution in [-0.2, 0) is 19.1 Å². The number of nitrogens with two attached hydrogens (primary N) is 1. The van der Waals surface area contributed by atoms with Gasteiger partial charge in [0, 0.05) is 19.8 Å². The Bertz CT molecular complexity index is 303. The molecule has 0 aliphatic carbocycles. The maximum Gasteiger partial charge on any atom is 0.310 e. The molecule has 1 aliphatic rings. The normalized spacial score (nSPS) is 19.5. The van der Waals surface area contributed by atoms with Crippen LogP contribution in [0.4, 0.5) is 0 Å². The van der Waals surface area contributed by atoms with E-state index in [4.69, 9.17) is 15.2 Å². The molecule has 1 rings (SSSR count). The van der Waals surface area contributed by atoms with Gasteiger partial charge in [0.05, 0.1) is 18.6 Å². The molecule has 110 valence electrons. The van der Waals surface area contributed by atoms with Gasteiger partial charge in [0.1, 0.15) is 0 Å². The van der Waals surface area contributed by atoms with Gasteiger partial charge in [-0.1, -0.05) is 6.92 Å². The van der Waals surface area contributed by atoms with Crippen LogP contribution >= 0.6 is 0 Å². The molecule has 1 saturated heterocycles. The van der Waals surface area contributed by atoms with E-state index in [9.17, 15) is 9.59 Å². The monoisotopic (exact) mass is 272 g/mol. The van der Waals surface area contributed by atoms with Gasteiger partial charge in [-0.05, 0) is 25.7 Å². The number of ether oxygens (including phenoxy) is 2. The first-order chi connectivity index (χ1) is 9.06. The SMILES string of the molecule is CCOC(=O)C(C)CNC(=O)C(N)C1CCOCC1. The number of esters is 1. The van der Waals surface area contributed by atoms with Gasteiger partial charge in [-0.3, -0.25) is 9.59 Å². The minimum Gasteiger partial charge on any atom is -0.466 e. The third-order valence-electron chi connectivity index (χ3n) is 3.35. The molecule has 0 bridgehead atoms. The molecule has 0 saturated carbocycles. The molecule has 1 heterocycles. The summed E-state index contributed by atoms with van der Waals surface area (Å²) >= 11 is 0. The van der Waals surface area contributed by atoms with E-state index in [1.165, 1.54) is 0 Å². The van der Waals surface area contributed by atoms with Crippen LogP contribution in [0.2, 0.25) is 0 Å². The van der Waals surface area contributed by atoms with Gasteiger partial charge in [0.15, 0.2) is 0 Å². The van der Waals surface area contributed by atoms with Crippen molar-refractivity contribution in [1.82, 2.24) is 5.32 Å². The molecule has 0 aromatic carbocycles. The summed E-state index contributed by atoms with van der Waals surface area (Å²) < 4.78 is 10.1. The van der Waals surface area contributed by atoms with Crippen LogP contribution in [0.3, 0.4) is 0 Å². The Morgan fingerprint density at radius 1 is 1.42 bits per heavy atom. The van der Waals surface area contributed by atoms with E-state index in [0.29, 0.717) is 19.8 Å². The van der Waals surface area contributed by atoms with E-state index in [1.807, 2.05) is 0 Å². The minimum atomic E-state index is -0.529. The first-order valence-electron chi connectivity index (χ1n) is 6.84. The highest BCUT2D eigenvalue weighted by atomic mass is 16.5. The lowest BCUT2D eigenvalue weighted by atomic mass is 9.92. The van der Waals surface area contributed by atoms with Crippen LogP contribution in [0.1, 0.15) is 26.7 Å². The van der Waals surface area contributed by atoms with E-state index >= 15 is 0 Å². The summed E-state index contributed by atoms with van der Waals surface area (Å²) in [5.41, 5.74) is 5.93. The second-order valence-corrected chi connectivity index (χ2v) is 4.87. The summed E-state index contributed by atoms with van der Waals surface area (Å²) in [5, 5.41) is 2.71. The molecule has 6 nitrogen and oxygen atoms in total. The van der Waals surface area contributed by atoms with Crippen LogP contribution in [0.5, 0.6) is 0 Å². The fourth-order valence-corrected chi connectivity index (χ4v) is 2.03. The van der Waals surface area contributed by atoms with Gasteiger partial charge in [0.25, 0.3) is 0 Å². The Kier molecular flexibility index (Phi) is 6.80. The Hall–Kier alpha value is -1.14. The lowest BCUT2D eigenvalue weighted by Gasteiger charge is -2.27. The Morgan fingerprint density at radius 2 is 2.05 bits per heavy atom. The van der Waals surface area contributed by atoms with Gasteiger partial charge in [-0.2, -0.15) is 0 Å². The number of rotatable bonds is 6. The lowest BCUT2D eigenvalue weighted by Crippen LogP contribution is -2.48. The molecular weight excluding hydrogens is 248 g/mol. The predicted molar refractivity (Wildman–Crippen MR) is 70.3 cm³/mol. The third kappa shape index (κ3) is 5.16. The standard InChI is InChI=1S/C13H24N2O4/c1-3-19-13(17)9(2)8-15-12(16)11(14)10-4-6-18-7-5-10/h9-11H,3-8,14H2,1-2H3,(H,15,16). The van der Waals surface area contributed by atoms with Crippen molar-refractivity contribution in [3.05, 3.63) is 0 Å². The van der Waals surface area contributed by atoms with Crippen molar-refractivity contribution in [2.24, 2.45) is 17.6 Å². The zero-order valence-electron chi connectivity index (χ0n) is 11.7. The number of amides is 1. The molecule has 0 aromatic rings. The molecule has 2 atom stereocenters. The number of hydrogen-bond acceptors (Lipinski definition) is 5. The molecule has 2 unspecified atom stereocenters. The van der Waals surface area contributed by atoms with E-state index in [0.717, 1.165) is 12.8 Å². The van der Waals surface area contributed by atoms with Crippen LogP contribution in [0.25, 0.3) is 0 Å². The number of carbonyl (C=O) groups excluding carboxylic acids is 2. The summed E-state index contributed by atoms with van der Waals surface area (Å²) in [5.74, 6) is -0.706. The van der Waals surface area contributed by atoms with E-state index in [-0.39, 0.29) is 30.3 Å². The van der Waals surface area contributed by atoms with Crippen molar-refractivity contribution in [3.63, 3.8) is 0 Å². The smallest absolute Gasteiger partial charge is 0.310 e. The largest absolute Gasteiger partial charge is 0.466 e.